The molecule has 74 valence electrons. The van der Waals surface area contributed by atoms with Gasteiger partial charge in [-0.2, -0.15) is 0 Å². The van der Waals surface area contributed by atoms with Crippen molar-refractivity contribution < 1.29 is 38.7 Å². The number of hydrogen-bond acceptors (Lipinski definition) is 9. The molecule has 1 spiro atoms. The SMILES string of the molecule is O=C1OC2(O1)OC(=O)O2.O=C1[O][Pb][O]1. The molecule has 3 rings (SSSR count). The van der Waals surface area contributed by atoms with Crippen LogP contribution in [0.5, 0.6) is 0 Å². The first-order chi connectivity index (χ1) is 6.60. The zero-order valence-corrected chi connectivity index (χ0v) is 10.1. The minimum atomic E-state index is -1.81. The van der Waals surface area contributed by atoms with Crippen LogP contribution in [0, 0.1) is 0 Å². The van der Waals surface area contributed by atoms with E-state index < -0.39 is 49.8 Å². The van der Waals surface area contributed by atoms with Crippen molar-refractivity contribution in [3.8, 4) is 0 Å². The van der Waals surface area contributed by atoms with E-state index in [1.54, 1.807) is 0 Å². The van der Waals surface area contributed by atoms with E-state index in [0.29, 0.717) is 0 Å². The van der Waals surface area contributed by atoms with Gasteiger partial charge < -0.3 is 18.9 Å². The Morgan fingerprint density at radius 2 is 1.14 bits per heavy atom. The molecule has 0 aromatic rings. The van der Waals surface area contributed by atoms with Gasteiger partial charge in [-0.25, -0.2) is 9.59 Å². The Morgan fingerprint density at radius 3 is 1.29 bits per heavy atom. The second-order valence-electron chi connectivity index (χ2n) is 1.95. The van der Waals surface area contributed by atoms with E-state index >= 15 is 0 Å². The second kappa shape index (κ2) is 3.14. The summed E-state index contributed by atoms with van der Waals surface area (Å²) in [6, 6.07) is 0. The number of carbonyl (C=O) groups is 3. The van der Waals surface area contributed by atoms with Crippen LogP contribution in [0.25, 0.3) is 0 Å². The molecule has 3 heterocycles. The summed E-state index contributed by atoms with van der Waals surface area (Å²) >= 11 is -1.16. The van der Waals surface area contributed by atoms with Crippen LogP contribution in [-0.2, 0) is 24.3 Å². The van der Waals surface area contributed by atoms with Crippen molar-refractivity contribution in [1.82, 2.24) is 0 Å². The van der Waals surface area contributed by atoms with Crippen molar-refractivity contribution in [2.24, 2.45) is 0 Å². The maximum atomic E-state index is 9.90. The van der Waals surface area contributed by atoms with Crippen LogP contribution in [0.3, 0.4) is 0 Å². The van der Waals surface area contributed by atoms with Crippen molar-refractivity contribution in [3.05, 3.63) is 0 Å². The van der Waals surface area contributed by atoms with Crippen molar-refractivity contribution >= 4 is 43.6 Å². The number of hydrogen-bond donors (Lipinski definition) is 0. The molecule has 2 radical (unpaired) electrons. The average Bonchev–Trinajstić information content (AvgIpc) is 1.96. The number of carbonyl (C=O) groups excluding carboxylic acids is 3. The molecule has 9 nitrogen and oxygen atoms in total. The van der Waals surface area contributed by atoms with E-state index in [1.165, 1.54) is 0 Å². The van der Waals surface area contributed by atoms with E-state index in [2.05, 4.69) is 24.3 Å². The first kappa shape index (κ1) is 9.29. The number of ether oxygens (including phenoxy) is 4. The summed E-state index contributed by atoms with van der Waals surface area (Å²) in [4.78, 5) is 29.3. The maximum absolute atomic E-state index is 9.90. The van der Waals surface area contributed by atoms with Crippen LogP contribution in [-0.4, -0.2) is 49.8 Å². The third-order valence-electron chi connectivity index (χ3n) is 1.08. The standard InChI is InChI=1S/C3O6.CH2O3.Pb/c4-1-6-3(7-1)8-2(5)9-3;2-1(3)4;/h;(H2,2,3,4);/q;;+2/p-2. The monoisotopic (exact) mass is 400 g/mol. The summed E-state index contributed by atoms with van der Waals surface area (Å²) < 4.78 is 25.0. The molecule has 0 atom stereocenters. The van der Waals surface area contributed by atoms with Gasteiger partial charge in [0.15, 0.2) is 0 Å². The van der Waals surface area contributed by atoms with Gasteiger partial charge in [-0.15, -0.1) is 0 Å². The quantitative estimate of drug-likeness (QED) is 0.398. The summed E-state index contributed by atoms with van der Waals surface area (Å²) in [5.74, 6) is 0. The topological polar surface area (TPSA) is 107 Å². The van der Waals surface area contributed by atoms with Gasteiger partial charge in [-0.05, 0) is 0 Å². The van der Waals surface area contributed by atoms with Gasteiger partial charge in [-0.3, -0.25) is 0 Å². The van der Waals surface area contributed by atoms with Gasteiger partial charge >= 0.3 is 59.9 Å². The zero-order chi connectivity index (χ0) is 10.2. The first-order valence-corrected chi connectivity index (χ1v) is 6.24. The van der Waals surface area contributed by atoms with Gasteiger partial charge in [0.1, 0.15) is 0 Å². The Bertz CT molecular complexity index is 262. The van der Waals surface area contributed by atoms with Crippen molar-refractivity contribution in [2.75, 3.05) is 0 Å². The molecule has 0 aromatic carbocycles. The Hall–Kier alpha value is -1.27. The first-order valence-electron chi connectivity index (χ1n) is 3.06. The van der Waals surface area contributed by atoms with Crippen molar-refractivity contribution in [3.63, 3.8) is 0 Å². The molecule has 14 heavy (non-hydrogen) atoms. The molecule has 3 aliphatic heterocycles. The molecular formula is C4O9Pb. The van der Waals surface area contributed by atoms with Crippen molar-refractivity contribution in [2.45, 2.75) is 6.16 Å². The van der Waals surface area contributed by atoms with Gasteiger partial charge in [0.2, 0.25) is 0 Å². The fourth-order valence-electron chi connectivity index (χ4n) is 0.583. The van der Waals surface area contributed by atoms with E-state index in [0.717, 1.165) is 0 Å². The zero-order valence-electron chi connectivity index (χ0n) is 6.17. The molecule has 0 amide bonds. The molecule has 3 aliphatic rings. The summed E-state index contributed by atoms with van der Waals surface area (Å²) in [5, 5.41) is 0. The molecule has 0 bridgehead atoms. The van der Waals surface area contributed by atoms with Gasteiger partial charge in [-0.1, -0.05) is 0 Å². The minimum absolute atomic E-state index is 0.478. The van der Waals surface area contributed by atoms with E-state index in [9.17, 15) is 14.4 Å². The van der Waals surface area contributed by atoms with Gasteiger partial charge in [0, 0.05) is 0 Å². The molecule has 3 fully saturated rings. The van der Waals surface area contributed by atoms with Crippen LogP contribution in [0.4, 0.5) is 14.4 Å². The summed E-state index contributed by atoms with van der Waals surface area (Å²) in [7, 11) is 0. The molecule has 0 aromatic heterocycles. The molecule has 10 heteroatoms. The van der Waals surface area contributed by atoms with Crippen LogP contribution in [0.2, 0.25) is 0 Å². The fourth-order valence-corrected chi connectivity index (χ4v) is 1.17. The van der Waals surface area contributed by atoms with Gasteiger partial charge in [0.05, 0.1) is 0 Å². The normalized spacial score (nSPS) is 23.6. The van der Waals surface area contributed by atoms with E-state index in [1.807, 2.05) is 0 Å². The Kier molecular flexibility index (Phi) is 2.09. The second-order valence-corrected chi connectivity index (χ2v) is 4.18. The Balaban J connectivity index is 0.000000128. The summed E-state index contributed by atoms with van der Waals surface area (Å²) in [5.41, 5.74) is 0. The van der Waals surface area contributed by atoms with Gasteiger partial charge in [0.25, 0.3) is 0 Å². The van der Waals surface area contributed by atoms with Crippen LogP contribution in [0.1, 0.15) is 0 Å². The molecule has 0 saturated carbocycles. The third kappa shape index (κ3) is 1.66. The molecule has 0 unspecified atom stereocenters. The Morgan fingerprint density at radius 1 is 0.786 bits per heavy atom. The van der Waals surface area contributed by atoms with Crippen LogP contribution >= 0.6 is 0 Å². The number of rotatable bonds is 0. The van der Waals surface area contributed by atoms with Crippen LogP contribution in [0.15, 0.2) is 0 Å². The predicted octanol–water partition coefficient (Wildman–Crippen LogP) is -0.381. The molecule has 0 aliphatic carbocycles. The van der Waals surface area contributed by atoms with E-state index in [-0.39, 0.29) is 0 Å². The van der Waals surface area contributed by atoms with E-state index in [4.69, 9.17) is 0 Å². The Labute approximate surface area is 88.6 Å². The average molecular weight is 399 g/mol. The molecular weight excluding hydrogens is 399 g/mol. The summed E-state index contributed by atoms with van der Waals surface area (Å²) in [6.07, 6.45) is -4.12. The summed E-state index contributed by atoms with van der Waals surface area (Å²) in [6.45, 7) is 0. The molecule has 3 saturated heterocycles. The molecule has 0 N–H and O–H groups in total. The third-order valence-corrected chi connectivity index (χ3v) is 3.03. The van der Waals surface area contributed by atoms with Crippen molar-refractivity contribution in [1.29, 1.82) is 0 Å². The van der Waals surface area contributed by atoms with Crippen LogP contribution < -0.4 is 0 Å². The predicted molar refractivity (Wildman–Crippen MR) is 31.2 cm³/mol. The fraction of sp³-hybridized carbons (Fsp3) is 0.250.